The molecule has 0 saturated carbocycles. The molecule has 1 aliphatic carbocycles. The molecule has 162 valence electrons. The van der Waals surface area contributed by atoms with E-state index in [0.717, 1.165) is 53.8 Å². The average molecular weight is 438 g/mol. The van der Waals surface area contributed by atoms with Gasteiger partial charge < -0.3 is 4.74 Å². The van der Waals surface area contributed by atoms with Gasteiger partial charge in [-0.3, -0.25) is 9.89 Å². The molecular weight excluding hydrogens is 410 g/mol. The minimum Gasteiger partial charge on any atom is -0.462 e. The number of hydrogen-bond donors (Lipinski definition) is 1. The number of benzene rings is 1. The lowest BCUT2D eigenvalue weighted by Gasteiger charge is -2.11. The molecule has 2 heterocycles. The van der Waals surface area contributed by atoms with Crippen molar-refractivity contribution in [2.24, 2.45) is 4.99 Å². The molecule has 3 aromatic rings. The minimum atomic E-state index is -0.326. The van der Waals surface area contributed by atoms with Gasteiger partial charge in [0.15, 0.2) is 0 Å². The lowest BCUT2D eigenvalue weighted by atomic mass is 9.95. The minimum absolute atomic E-state index is 0.160. The molecule has 0 spiro atoms. The van der Waals surface area contributed by atoms with Gasteiger partial charge in [-0.25, -0.2) is 14.5 Å². The third-order valence-corrected chi connectivity index (χ3v) is 6.85. The number of aromatic amines is 1. The van der Waals surface area contributed by atoms with Crippen LogP contribution in [0.3, 0.4) is 0 Å². The van der Waals surface area contributed by atoms with Crippen LogP contribution in [0, 0.1) is 20.8 Å². The van der Waals surface area contributed by atoms with Crippen LogP contribution < -0.4 is 5.56 Å². The maximum Gasteiger partial charge on any atom is 0.341 e. The van der Waals surface area contributed by atoms with E-state index in [9.17, 15) is 9.59 Å². The summed E-state index contributed by atoms with van der Waals surface area (Å²) >= 11 is 1.54. The highest BCUT2D eigenvalue weighted by molar-refractivity contribution is 7.16. The van der Waals surface area contributed by atoms with E-state index >= 15 is 0 Å². The fourth-order valence-electron chi connectivity index (χ4n) is 4.12. The summed E-state index contributed by atoms with van der Waals surface area (Å²) in [7, 11) is 0. The standard InChI is InChI=1S/C24H27N3O3S/c1-5-30-24(29)21-17-8-6-7-9-20(17)31-22(21)25-13-18-16(4)26-27(23(18)28)19-11-10-14(2)12-15(19)3/h10-13,26H,5-9H2,1-4H3/b25-13+. The summed E-state index contributed by atoms with van der Waals surface area (Å²) in [5.41, 5.74) is 5.68. The largest absolute Gasteiger partial charge is 0.462 e. The van der Waals surface area contributed by atoms with Crippen molar-refractivity contribution in [2.45, 2.75) is 53.4 Å². The number of fused-ring (bicyclic) bond motifs is 1. The Hall–Kier alpha value is -2.93. The van der Waals surface area contributed by atoms with Crippen LogP contribution in [0.1, 0.15) is 62.9 Å². The third kappa shape index (κ3) is 4.02. The molecule has 1 aromatic carbocycles. The molecule has 2 aromatic heterocycles. The summed E-state index contributed by atoms with van der Waals surface area (Å²) in [4.78, 5) is 31.6. The van der Waals surface area contributed by atoms with Gasteiger partial charge in [-0.15, -0.1) is 11.3 Å². The molecule has 0 saturated heterocycles. The number of rotatable bonds is 5. The first-order chi connectivity index (χ1) is 14.9. The number of aryl methyl sites for hydroxylation is 4. The van der Waals surface area contributed by atoms with E-state index < -0.39 is 0 Å². The molecule has 0 atom stereocenters. The Balaban J connectivity index is 1.75. The van der Waals surface area contributed by atoms with Crippen molar-refractivity contribution in [1.82, 2.24) is 9.78 Å². The molecule has 0 bridgehead atoms. The number of thiophene rings is 1. The normalized spacial score (nSPS) is 13.5. The molecular formula is C24H27N3O3S. The zero-order chi connectivity index (χ0) is 22.1. The molecule has 0 aliphatic heterocycles. The van der Waals surface area contributed by atoms with Crippen molar-refractivity contribution in [2.75, 3.05) is 6.61 Å². The monoisotopic (exact) mass is 437 g/mol. The van der Waals surface area contributed by atoms with E-state index in [4.69, 9.17) is 4.74 Å². The number of ether oxygens (including phenoxy) is 1. The van der Waals surface area contributed by atoms with Crippen LogP contribution in [0.4, 0.5) is 5.00 Å². The lowest BCUT2D eigenvalue weighted by Crippen LogP contribution is -2.18. The number of aliphatic imine (C=N–C) groups is 1. The van der Waals surface area contributed by atoms with Crippen LogP contribution in [0.2, 0.25) is 0 Å². The third-order valence-electron chi connectivity index (χ3n) is 5.65. The molecule has 0 fully saturated rings. The van der Waals surface area contributed by atoms with Gasteiger partial charge in [-0.05, 0) is 70.6 Å². The molecule has 6 nitrogen and oxygen atoms in total. The average Bonchev–Trinajstić information content (AvgIpc) is 3.23. The first kappa shape index (κ1) is 21.3. The molecule has 1 aliphatic rings. The van der Waals surface area contributed by atoms with Crippen LogP contribution in [0.5, 0.6) is 0 Å². The number of nitrogens with zero attached hydrogens (tertiary/aromatic N) is 2. The first-order valence-corrected chi connectivity index (χ1v) is 11.5. The predicted octanol–water partition coefficient (Wildman–Crippen LogP) is 4.96. The summed E-state index contributed by atoms with van der Waals surface area (Å²) in [6.45, 7) is 8.00. The zero-order valence-electron chi connectivity index (χ0n) is 18.4. The second-order valence-electron chi connectivity index (χ2n) is 7.95. The van der Waals surface area contributed by atoms with Crippen molar-refractivity contribution >= 4 is 28.5 Å². The second-order valence-corrected chi connectivity index (χ2v) is 9.03. The first-order valence-electron chi connectivity index (χ1n) is 10.7. The Morgan fingerprint density at radius 1 is 1.26 bits per heavy atom. The molecule has 31 heavy (non-hydrogen) atoms. The Morgan fingerprint density at radius 3 is 2.77 bits per heavy atom. The number of aromatic nitrogens is 2. The van der Waals surface area contributed by atoms with Crippen LogP contribution >= 0.6 is 11.3 Å². The number of hydrogen-bond acceptors (Lipinski definition) is 5. The summed E-state index contributed by atoms with van der Waals surface area (Å²) in [6.07, 6.45) is 5.60. The van der Waals surface area contributed by atoms with Crippen molar-refractivity contribution < 1.29 is 9.53 Å². The number of esters is 1. The van der Waals surface area contributed by atoms with Gasteiger partial charge in [0.2, 0.25) is 0 Å². The molecule has 4 rings (SSSR count). The van der Waals surface area contributed by atoms with Gasteiger partial charge in [0.05, 0.1) is 23.4 Å². The maximum absolute atomic E-state index is 13.1. The van der Waals surface area contributed by atoms with E-state index in [1.807, 2.05) is 39.0 Å². The van der Waals surface area contributed by atoms with Gasteiger partial charge >= 0.3 is 5.97 Å². The van der Waals surface area contributed by atoms with Gasteiger partial charge in [0, 0.05) is 16.8 Å². The van der Waals surface area contributed by atoms with E-state index in [-0.39, 0.29) is 11.5 Å². The predicted molar refractivity (Wildman–Crippen MR) is 125 cm³/mol. The second kappa shape index (κ2) is 8.67. The van der Waals surface area contributed by atoms with Crippen LogP contribution in [-0.4, -0.2) is 28.6 Å². The molecule has 0 unspecified atom stereocenters. The highest BCUT2D eigenvalue weighted by atomic mass is 32.1. The SMILES string of the molecule is CCOC(=O)c1c(/N=C/c2c(C)[nH]n(-c3ccc(C)cc3C)c2=O)sc2c1CCCC2. The summed E-state index contributed by atoms with van der Waals surface area (Å²) < 4.78 is 6.85. The Kier molecular flexibility index (Phi) is 5.96. The maximum atomic E-state index is 13.1. The zero-order valence-corrected chi connectivity index (χ0v) is 19.2. The molecule has 0 radical (unpaired) electrons. The van der Waals surface area contributed by atoms with Crippen molar-refractivity contribution in [3.8, 4) is 5.69 Å². The number of carbonyl (C=O) groups is 1. The Labute approximate surface area is 185 Å². The fourth-order valence-corrected chi connectivity index (χ4v) is 5.34. The van der Waals surface area contributed by atoms with Crippen LogP contribution in [-0.2, 0) is 17.6 Å². The topological polar surface area (TPSA) is 76.4 Å². The van der Waals surface area contributed by atoms with Gasteiger partial charge in [-0.2, -0.15) is 0 Å². The van der Waals surface area contributed by atoms with Crippen molar-refractivity contribution in [3.05, 3.63) is 66.9 Å². The van der Waals surface area contributed by atoms with Gasteiger partial charge in [0.25, 0.3) is 5.56 Å². The Bertz CT molecular complexity index is 1230. The molecule has 0 amide bonds. The highest BCUT2D eigenvalue weighted by Crippen LogP contribution is 2.40. The van der Waals surface area contributed by atoms with E-state index in [2.05, 4.69) is 10.1 Å². The highest BCUT2D eigenvalue weighted by Gasteiger charge is 2.26. The van der Waals surface area contributed by atoms with Crippen LogP contribution in [0.25, 0.3) is 5.69 Å². The summed E-state index contributed by atoms with van der Waals surface area (Å²) in [6, 6.07) is 5.98. The van der Waals surface area contributed by atoms with Crippen molar-refractivity contribution in [1.29, 1.82) is 0 Å². The van der Waals surface area contributed by atoms with E-state index in [1.165, 1.54) is 16.2 Å². The lowest BCUT2D eigenvalue weighted by molar-refractivity contribution is 0.0526. The molecule has 7 heteroatoms. The number of nitrogens with one attached hydrogen (secondary N) is 1. The summed E-state index contributed by atoms with van der Waals surface area (Å²) in [5, 5.41) is 3.79. The van der Waals surface area contributed by atoms with E-state index in [0.29, 0.717) is 22.7 Å². The van der Waals surface area contributed by atoms with Crippen LogP contribution in [0.15, 0.2) is 28.0 Å². The fraction of sp³-hybridized carbons (Fsp3) is 0.375. The van der Waals surface area contributed by atoms with Gasteiger partial charge in [-0.1, -0.05) is 17.7 Å². The summed E-state index contributed by atoms with van der Waals surface area (Å²) in [5.74, 6) is -0.326. The number of carbonyl (C=O) groups excluding carboxylic acids is 1. The smallest absolute Gasteiger partial charge is 0.341 e. The quantitative estimate of drug-likeness (QED) is 0.453. The van der Waals surface area contributed by atoms with E-state index in [1.54, 1.807) is 17.8 Å². The molecule has 1 N–H and O–H groups in total. The number of H-pyrrole nitrogens is 1. The van der Waals surface area contributed by atoms with Gasteiger partial charge in [0.1, 0.15) is 5.00 Å². The van der Waals surface area contributed by atoms with Crippen molar-refractivity contribution in [3.63, 3.8) is 0 Å². The Morgan fingerprint density at radius 2 is 2.03 bits per heavy atom.